The first kappa shape index (κ1) is 21.0. The molecule has 0 unspecified atom stereocenters. The highest BCUT2D eigenvalue weighted by atomic mass is 16.5. The minimum absolute atomic E-state index is 0.0302. The molecule has 0 radical (unpaired) electrons. The van der Waals surface area contributed by atoms with Crippen LogP contribution in [0.3, 0.4) is 0 Å². The number of amides is 1. The largest absolute Gasteiger partial charge is 0.494 e. The molecule has 0 fully saturated rings. The second-order valence-corrected chi connectivity index (χ2v) is 7.52. The third-order valence-corrected chi connectivity index (χ3v) is 5.18. The number of hydrogen-bond donors (Lipinski definition) is 2. The van der Waals surface area contributed by atoms with Gasteiger partial charge in [-0.15, -0.1) is 0 Å². The zero-order valence-corrected chi connectivity index (χ0v) is 17.2. The summed E-state index contributed by atoms with van der Waals surface area (Å²) in [4.78, 5) is 12.0. The van der Waals surface area contributed by atoms with Crippen molar-refractivity contribution in [2.45, 2.75) is 44.9 Å². The van der Waals surface area contributed by atoms with Gasteiger partial charge in [-0.25, -0.2) is 0 Å². The van der Waals surface area contributed by atoms with Crippen molar-refractivity contribution in [2.75, 3.05) is 25.0 Å². The Kier molecular flexibility index (Phi) is 8.64. The van der Waals surface area contributed by atoms with Crippen LogP contribution in [0.5, 0.6) is 5.75 Å². The number of ether oxygens (including phenoxy) is 1. The summed E-state index contributed by atoms with van der Waals surface area (Å²) >= 11 is 0. The minimum Gasteiger partial charge on any atom is -0.494 e. The van der Waals surface area contributed by atoms with E-state index in [0.717, 1.165) is 37.2 Å². The van der Waals surface area contributed by atoms with Gasteiger partial charge in [-0.05, 0) is 74.8 Å². The average Bonchev–Trinajstić information content (AvgIpc) is 2.77. The van der Waals surface area contributed by atoms with Crippen molar-refractivity contribution in [1.29, 1.82) is 0 Å². The maximum atomic E-state index is 12.0. The van der Waals surface area contributed by atoms with Crippen LogP contribution < -0.4 is 15.4 Å². The van der Waals surface area contributed by atoms with Gasteiger partial charge in [-0.2, -0.15) is 0 Å². The van der Waals surface area contributed by atoms with Gasteiger partial charge in [0, 0.05) is 12.2 Å². The standard InChI is InChI=1S/C25H32N2O2/c28-25(26-18-17-22-10-5-2-6-11-22)20-27-23-13-15-24(16-14-23)29-19-7-12-21-8-3-1-4-9-21/h1,3-4,8-10,13-16,27H,2,5-7,11-12,17-20H2,(H,26,28). The van der Waals surface area contributed by atoms with Crippen LogP contribution in [0.1, 0.15) is 44.1 Å². The van der Waals surface area contributed by atoms with Gasteiger partial charge in [0.25, 0.3) is 0 Å². The van der Waals surface area contributed by atoms with Gasteiger partial charge < -0.3 is 15.4 Å². The summed E-state index contributed by atoms with van der Waals surface area (Å²) in [5.74, 6) is 0.886. The molecule has 0 saturated carbocycles. The molecule has 0 bridgehead atoms. The number of aryl methyl sites for hydroxylation is 1. The van der Waals surface area contributed by atoms with Crippen LogP contribution in [0.25, 0.3) is 0 Å². The molecule has 0 heterocycles. The molecule has 2 aromatic rings. The van der Waals surface area contributed by atoms with Crippen molar-refractivity contribution in [2.24, 2.45) is 0 Å². The van der Waals surface area contributed by atoms with Crippen molar-refractivity contribution in [3.63, 3.8) is 0 Å². The van der Waals surface area contributed by atoms with Crippen LogP contribution in [0, 0.1) is 0 Å². The zero-order valence-electron chi connectivity index (χ0n) is 17.2. The first-order valence-corrected chi connectivity index (χ1v) is 10.7. The zero-order chi connectivity index (χ0) is 20.2. The van der Waals surface area contributed by atoms with Crippen molar-refractivity contribution in [1.82, 2.24) is 5.32 Å². The maximum Gasteiger partial charge on any atom is 0.239 e. The number of anilines is 1. The second kappa shape index (κ2) is 11.9. The summed E-state index contributed by atoms with van der Waals surface area (Å²) in [7, 11) is 0. The Morgan fingerprint density at radius 2 is 1.79 bits per heavy atom. The first-order valence-electron chi connectivity index (χ1n) is 10.7. The molecule has 0 aliphatic heterocycles. The van der Waals surface area contributed by atoms with Gasteiger partial charge >= 0.3 is 0 Å². The lowest BCUT2D eigenvalue weighted by molar-refractivity contribution is -0.119. The van der Waals surface area contributed by atoms with E-state index in [1.54, 1.807) is 0 Å². The summed E-state index contributed by atoms with van der Waals surface area (Å²) in [6, 6.07) is 18.2. The topological polar surface area (TPSA) is 50.4 Å². The Labute approximate surface area is 174 Å². The molecule has 1 amide bonds. The smallest absolute Gasteiger partial charge is 0.239 e. The van der Waals surface area contributed by atoms with E-state index in [0.29, 0.717) is 6.61 Å². The summed E-state index contributed by atoms with van der Waals surface area (Å²) in [5.41, 5.74) is 3.75. The fraction of sp³-hybridized carbons (Fsp3) is 0.400. The van der Waals surface area contributed by atoms with E-state index >= 15 is 0 Å². The van der Waals surface area contributed by atoms with Crippen LogP contribution in [0.4, 0.5) is 5.69 Å². The lowest BCUT2D eigenvalue weighted by Crippen LogP contribution is -2.30. The van der Waals surface area contributed by atoms with E-state index in [4.69, 9.17) is 4.74 Å². The molecule has 1 aliphatic rings. The van der Waals surface area contributed by atoms with E-state index in [2.05, 4.69) is 41.0 Å². The number of rotatable bonds is 11. The highest BCUT2D eigenvalue weighted by Gasteiger charge is 2.05. The Bertz CT molecular complexity index is 769. The minimum atomic E-state index is 0.0302. The molecule has 4 heteroatoms. The van der Waals surface area contributed by atoms with Crippen molar-refractivity contribution < 1.29 is 9.53 Å². The highest BCUT2D eigenvalue weighted by Crippen LogP contribution is 2.19. The SMILES string of the molecule is O=C(CNc1ccc(OCCCc2ccccc2)cc1)NCCC1=CCCCC1. The van der Waals surface area contributed by atoms with Crippen molar-refractivity contribution >= 4 is 11.6 Å². The average molecular weight is 393 g/mol. The van der Waals surface area contributed by atoms with Gasteiger partial charge in [0.2, 0.25) is 5.91 Å². The summed E-state index contributed by atoms with van der Waals surface area (Å²) < 4.78 is 5.81. The molecule has 0 atom stereocenters. The molecule has 1 aliphatic carbocycles. The van der Waals surface area contributed by atoms with Crippen LogP contribution in [-0.4, -0.2) is 25.6 Å². The molecule has 2 N–H and O–H groups in total. The van der Waals surface area contributed by atoms with E-state index in [9.17, 15) is 4.79 Å². The Morgan fingerprint density at radius 1 is 0.966 bits per heavy atom. The first-order chi connectivity index (χ1) is 14.3. The van der Waals surface area contributed by atoms with Crippen molar-refractivity contribution in [3.05, 3.63) is 71.8 Å². The quantitative estimate of drug-likeness (QED) is 0.412. The van der Waals surface area contributed by atoms with Crippen LogP contribution >= 0.6 is 0 Å². The van der Waals surface area contributed by atoms with E-state index in [1.165, 1.54) is 36.8 Å². The fourth-order valence-corrected chi connectivity index (χ4v) is 3.52. The predicted molar refractivity (Wildman–Crippen MR) is 119 cm³/mol. The van der Waals surface area contributed by atoms with E-state index < -0.39 is 0 Å². The maximum absolute atomic E-state index is 12.0. The molecular weight excluding hydrogens is 360 g/mol. The molecule has 4 nitrogen and oxygen atoms in total. The third-order valence-electron chi connectivity index (χ3n) is 5.18. The molecule has 2 aromatic carbocycles. The number of hydrogen-bond acceptors (Lipinski definition) is 3. The molecule has 0 saturated heterocycles. The monoisotopic (exact) mass is 392 g/mol. The lowest BCUT2D eigenvalue weighted by atomic mass is 9.97. The Morgan fingerprint density at radius 3 is 2.55 bits per heavy atom. The number of allylic oxidation sites excluding steroid dienone is 1. The molecule has 3 rings (SSSR count). The molecular formula is C25H32N2O2. The van der Waals surface area contributed by atoms with Gasteiger partial charge in [0.05, 0.1) is 13.2 Å². The summed E-state index contributed by atoms with van der Waals surface area (Å²) in [6.07, 6.45) is 10.3. The third kappa shape index (κ3) is 8.02. The van der Waals surface area contributed by atoms with Gasteiger partial charge in [0.15, 0.2) is 0 Å². The Balaban J connectivity index is 1.28. The van der Waals surface area contributed by atoms with Gasteiger partial charge in [-0.1, -0.05) is 42.0 Å². The number of nitrogens with one attached hydrogen (secondary N) is 2. The van der Waals surface area contributed by atoms with E-state index in [1.807, 2.05) is 30.3 Å². The predicted octanol–water partition coefficient (Wildman–Crippen LogP) is 5.12. The normalized spacial score (nSPS) is 13.4. The number of benzene rings is 2. The molecule has 0 spiro atoms. The molecule has 0 aromatic heterocycles. The van der Waals surface area contributed by atoms with Gasteiger partial charge in [0.1, 0.15) is 5.75 Å². The lowest BCUT2D eigenvalue weighted by Gasteiger charge is -2.13. The fourth-order valence-electron chi connectivity index (χ4n) is 3.52. The highest BCUT2D eigenvalue weighted by molar-refractivity contribution is 5.80. The Hall–Kier alpha value is -2.75. The second-order valence-electron chi connectivity index (χ2n) is 7.52. The van der Waals surface area contributed by atoms with Crippen LogP contribution in [0.2, 0.25) is 0 Å². The molecule has 154 valence electrons. The van der Waals surface area contributed by atoms with Crippen LogP contribution in [-0.2, 0) is 11.2 Å². The number of carbonyl (C=O) groups excluding carboxylic acids is 1. The van der Waals surface area contributed by atoms with Crippen molar-refractivity contribution in [3.8, 4) is 5.75 Å². The van der Waals surface area contributed by atoms with E-state index in [-0.39, 0.29) is 12.5 Å². The van der Waals surface area contributed by atoms with Gasteiger partial charge in [-0.3, -0.25) is 4.79 Å². The molecule has 29 heavy (non-hydrogen) atoms. The van der Waals surface area contributed by atoms with Crippen LogP contribution in [0.15, 0.2) is 66.2 Å². The number of carbonyl (C=O) groups is 1. The summed E-state index contributed by atoms with van der Waals surface area (Å²) in [5, 5.41) is 6.16. The summed E-state index contributed by atoms with van der Waals surface area (Å²) in [6.45, 7) is 1.71.